The average Bonchev–Trinajstić information content (AvgIpc) is 2.66. The number of amides is 1. The fourth-order valence-corrected chi connectivity index (χ4v) is 2.74. The molecular formula is C13H13BrN2OS. The first-order valence-electron chi connectivity index (χ1n) is 5.41. The highest BCUT2D eigenvalue weighted by Gasteiger charge is 2.12. The number of hydrogen-bond acceptors (Lipinski definition) is 3. The summed E-state index contributed by atoms with van der Waals surface area (Å²) in [6.45, 7) is 3.88. The highest BCUT2D eigenvalue weighted by atomic mass is 79.9. The molecule has 5 heteroatoms. The third kappa shape index (κ3) is 2.57. The molecule has 0 aliphatic rings. The number of carbonyl (C=O) groups excluding carboxylic acids is 1. The normalized spacial score (nSPS) is 10.4. The Bertz CT molecular complexity index is 588. The molecule has 0 bridgehead atoms. The number of aryl methyl sites for hydroxylation is 2. The molecule has 0 aliphatic carbocycles. The van der Waals surface area contributed by atoms with Crippen molar-refractivity contribution in [2.24, 2.45) is 0 Å². The van der Waals surface area contributed by atoms with Gasteiger partial charge in [0, 0.05) is 15.0 Å². The van der Waals surface area contributed by atoms with Crippen LogP contribution in [0.1, 0.15) is 20.1 Å². The molecule has 0 saturated heterocycles. The quantitative estimate of drug-likeness (QED) is 0.878. The van der Waals surface area contributed by atoms with Crippen LogP contribution in [-0.4, -0.2) is 5.91 Å². The number of nitrogens with one attached hydrogen (secondary N) is 1. The lowest BCUT2D eigenvalue weighted by molar-refractivity contribution is 0.103. The van der Waals surface area contributed by atoms with E-state index in [-0.39, 0.29) is 5.91 Å². The maximum Gasteiger partial charge on any atom is 0.265 e. The number of anilines is 2. The van der Waals surface area contributed by atoms with Gasteiger partial charge in [-0.3, -0.25) is 4.79 Å². The second-order valence-electron chi connectivity index (χ2n) is 4.01. The van der Waals surface area contributed by atoms with Crippen LogP contribution >= 0.6 is 27.3 Å². The van der Waals surface area contributed by atoms with E-state index in [2.05, 4.69) is 21.2 Å². The van der Waals surface area contributed by atoms with Crippen molar-refractivity contribution in [2.75, 3.05) is 11.1 Å². The van der Waals surface area contributed by atoms with Gasteiger partial charge < -0.3 is 11.1 Å². The Kier molecular flexibility index (Phi) is 3.73. The van der Waals surface area contributed by atoms with Crippen molar-refractivity contribution in [2.45, 2.75) is 13.8 Å². The summed E-state index contributed by atoms with van der Waals surface area (Å²) in [5, 5.41) is 2.88. The van der Waals surface area contributed by atoms with Gasteiger partial charge in [0.2, 0.25) is 0 Å². The van der Waals surface area contributed by atoms with Crippen molar-refractivity contribution in [1.82, 2.24) is 0 Å². The minimum absolute atomic E-state index is 0.133. The number of thiophene rings is 1. The number of rotatable bonds is 2. The van der Waals surface area contributed by atoms with E-state index in [9.17, 15) is 4.79 Å². The average molecular weight is 325 g/mol. The van der Waals surface area contributed by atoms with Crippen molar-refractivity contribution in [1.29, 1.82) is 0 Å². The van der Waals surface area contributed by atoms with Crippen LogP contribution in [0, 0.1) is 13.8 Å². The van der Waals surface area contributed by atoms with Crippen molar-refractivity contribution in [3.05, 3.63) is 44.1 Å². The third-order valence-corrected chi connectivity index (χ3v) is 4.74. The van der Waals surface area contributed by atoms with Gasteiger partial charge in [-0.2, -0.15) is 0 Å². The molecule has 3 nitrogen and oxygen atoms in total. The number of hydrogen-bond donors (Lipinski definition) is 2. The van der Waals surface area contributed by atoms with Gasteiger partial charge in [0.1, 0.15) is 0 Å². The van der Waals surface area contributed by atoms with E-state index in [0.29, 0.717) is 10.6 Å². The summed E-state index contributed by atoms with van der Waals surface area (Å²) in [6, 6.07) is 7.45. The molecule has 94 valence electrons. The summed E-state index contributed by atoms with van der Waals surface area (Å²) in [6.07, 6.45) is 0. The summed E-state index contributed by atoms with van der Waals surface area (Å²) >= 11 is 4.86. The standard InChI is InChI=1S/C13H13BrN2OS/c1-7-4-3-5-10(12(7)14)16-13(17)11-6-9(15)8(2)18-11/h3-6H,15H2,1-2H3,(H,16,17). The molecule has 0 fully saturated rings. The first kappa shape index (κ1) is 13.1. The number of benzene rings is 1. The number of nitrogens with two attached hydrogens (primary N) is 1. The van der Waals surface area contributed by atoms with Crippen LogP contribution in [0.25, 0.3) is 0 Å². The van der Waals surface area contributed by atoms with Crippen LogP contribution in [0.4, 0.5) is 11.4 Å². The van der Waals surface area contributed by atoms with Gasteiger partial charge in [-0.25, -0.2) is 0 Å². The van der Waals surface area contributed by atoms with E-state index in [1.54, 1.807) is 6.07 Å². The summed E-state index contributed by atoms with van der Waals surface area (Å²) in [4.78, 5) is 13.7. The van der Waals surface area contributed by atoms with E-state index in [1.165, 1.54) is 11.3 Å². The number of halogens is 1. The summed E-state index contributed by atoms with van der Waals surface area (Å²) < 4.78 is 0.902. The minimum atomic E-state index is -0.133. The van der Waals surface area contributed by atoms with Crippen LogP contribution in [0.2, 0.25) is 0 Å². The van der Waals surface area contributed by atoms with Crippen molar-refractivity contribution < 1.29 is 4.79 Å². The van der Waals surface area contributed by atoms with Gasteiger partial charge in [0.05, 0.1) is 10.6 Å². The summed E-state index contributed by atoms with van der Waals surface area (Å²) in [5.41, 5.74) is 8.25. The Morgan fingerprint density at radius 2 is 2.11 bits per heavy atom. The van der Waals surface area contributed by atoms with E-state index in [0.717, 1.165) is 20.6 Å². The Labute approximate surface area is 118 Å². The minimum Gasteiger partial charge on any atom is -0.398 e. The van der Waals surface area contributed by atoms with Crippen LogP contribution in [0.5, 0.6) is 0 Å². The zero-order valence-corrected chi connectivity index (χ0v) is 12.5. The fraction of sp³-hybridized carbons (Fsp3) is 0.154. The zero-order chi connectivity index (χ0) is 13.3. The molecule has 1 aromatic heterocycles. The van der Waals surface area contributed by atoms with Crippen LogP contribution in [0.3, 0.4) is 0 Å². The molecule has 1 amide bonds. The largest absolute Gasteiger partial charge is 0.398 e. The molecule has 0 unspecified atom stereocenters. The predicted octanol–water partition coefficient (Wildman–Crippen LogP) is 3.96. The van der Waals surface area contributed by atoms with Gasteiger partial charge in [-0.1, -0.05) is 12.1 Å². The second-order valence-corrected chi connectivity index (χ2v) is 6.06. The van der Waals surface area contributed by atoms with Crippen LogP contribution < -0.4 is 11.1 Å². The van der Waals surface area contributed by atoms with Crippen molar-refractivity contribution in [3.8, 4) is 0 Å². The molecule has 2 rings (SSSR count). The Balaban J connectivity index is 2.24. The van der Waals surface area contributed by atoms with Gasteiger partial charge in [-0.05, 0) is 47.5 Å². The predicted molar refractivity (Wildman–Crippen MR) is 80.3 cm³/mol. The second kappa shape index (κ2) is 5.12. The van der Waals surface area contributed by atoms with Gasteiger partial charge in [0.15, 0.2) is 0 Å². The highest BCUT2D eigenvalue weighted by molar-refractivity contribution is 9.10. The molecular weight excluding hydrogens is 312 g/mol. The van der Waals surface area contributed by atoms with Gasteiger partial charge >= 0.3 is 0 Å². The molecule has 3 N–H and O–H groups in total. The summed E-state index contributed by atoms with van der Waals surface area (Å²) in [7, 11) is 0. The Morgan fingerprint density at radius 1 is 1.39 bits per heavy atom. The molecule has 18 heavy (non-hydrogen) atoms. The van der Waals surface area contributed by atoms with Crippen molar-refractivity contribution in [3.63, 3.8) is 0 Å². The zero-order valence-electron chi connectivity index (χ0n) is 10.1. The lowest BCUT2D eigenvalue weighted by Gasteiger charge is -2.07. The molecule has 0 saturated carbocycles. The molecule has 1 heterocycles. The molecule has 0 spiro atoms. The number of nitrogen functional groups attached to an aromatic ring is 1. The van der Waals surface area contributed by atoms with Crippen LogP contribution in [-0.2, 0) is 0 Å². The third-order valence-electron chi connectivity index (χ3n) is 2.62. The fourth-order valence-electron chi connectivity index (χ4n) is 1.54. The highest BCUT2D eigenvalue weighted by Crippen LogP contribution is 2.28. The van der Waals surface area contributed by atoms with Crippen LogP contribution in [0.15, 0.2) is 28.7 Å². The van der Waals surface area contributed by atoms with Gasteiger partial charge in [0.25, 0.3) is 5.91 Å². The molecule has 1 aromatic carbocycles. The molecule has 0 radical (unpaired) electrons. The molecule has 0 atom stereocenters. The SMILES string of the molecule is Cc1cccc(NC(=O)c2cc(N)c(C)s2)c1Br. The van der Waals surface area contributed by atoms with Crippen molar-refractivity contribution >= 4 is 44.5 Å². The molecule has 0 aliphatic heterocycles. The first-order valence-corrected chi connectivity index (χ1v) is 7.02. The van der Waals surface area contributed by atoms with E-state index in [1.807, 2.05) is 32.0 Å². The lowest BCUT2D eigenvalue weighted by Crippen LogP contribution is -2.10. The van der Waals surface area contributed by atoms with E-state index < -0.39 is 0 Å². The maximum absolute atomic E-state index is 12.1. The Morgan fingerprint density at radius 3 is 2.72 bits per heavy atom. The van der Waals surface area contributed by atoms with Gasteiger partial charge in [-0.15, -0.1) is 11.3 Å². The summed E-state index contributed by atoms with van der Waals surface area (Å²) in [5.74, 6) is -0.133. The monoisotopic (exact) mass is 324 g/mol. The first-order chi connectivity index (χ1) is 8.49. The van der Waals surface area contributed by atoms with E-state index in [4.69, 9.17) is 5.73 Å². The topological polar surface area (TPSA) is 55.1 Å². The maximum atomic E-state index is 12.1. The molecule has 2 aromatic rings. The number of carbonyl (C=O) groups is 1. The van der Waals surface area contributed by atoms with E-state index >= 15 is 0 Å². The smallest absolute Gasteiger partial charge is 0.265 e. The Hall–Kier alpha value is -1.33. The lowest BCUT2D eigenvalue weighted by atomic mass is 10.2.